The van der Waals surface area contributed by atoms with E-state index in [0.29, 0.717) is 0 Å². The normalized spacial score (nSPS) is 10.9. The lowest BCUT2D eigenvalue weighted by Gasteiger charge is -2.14. The Bertz CT molecular complexity index is 1340. The molecule has 0 aliphatic carbocycles. The minimum Gasteiger partial charge on any atom is -0.483 e. The number of nitrogens with zero attached hydrogens (tertiary/aromatic N) is 2. The Morgan fingerprint density at radius 2 is 1.68 bits per heavy atom. The maximum Gasteiger partial charge on any atom is 0.327 e. The van der Waals surface area contributed by atoms with Gasteiger partial charge < -0.3 is 14.4 Å². The number of nitro benzene ring substituents is 1. The highest BCUT2D eigenvalue weighted by Crippen LogP contribution is 2.35. The number of rotatable bonds is 10. The van der Waals surface area contributed by atoms with E-state index >= 15 is 0 Å². The van der Waals surface area contributed by atoms with Gasteiger partial charge in [0.2, 0.25) is 17.4 Å². The standard InChI is InChI=1S/C23H17F4N2O7P/c1-28(2)23(30)13-4-3-5-14(9-13)36-17-8-12(6-7-16(17)29(31)32)10-34-22-20(26)18(24)15(11-35-37-33)19(25)21(22)27/h3-9H,10-11H2,1-2H3. The third kappa shape index (κ3) is 6.19. The van der Waals surface area contributed by atoms with Crippen molar-refractivity contribution >= 4 is 20.3 Å². The Morgan fingerprint density at radius 3 is 2.27 bits per heavy atom. The van der Waals surface area contributed by atoms with Gasteiger partial charge in [0.15, 0.2) is 17.4 Å². The predicted octanol–water partition coefficient (Wildman–Crippen LogP) is 5.95. The number of carbonyl (C=O) groups is 1. The molecule has 0 N–H and O–H groups in total. The van der Waals surface area contributed by atoms with E-state index in [1.165, 1.54) is 35.2 Å². The van der Waals surface area contributed by atoms with Crippen molar-refractivity contribution in [2.24, 2.45) is 0 Å². The lowest BCUT2D eigenvalue weighted by molar-refractivity contribution is -0.385. The average Bonchev–Trinajstić information content (AvgIpc) is 2.87. The summed E-state index contributed by atoms with van der Waals surface area (Å²) in [6.45, 7) is -1.66. The van der Waals surface area contributed by atoms with Crippen LogP contribution in [0.25, 0.3) is 0 Å². The fourth-order valence-corrected chi connectivity index (χ4v) is 3.30. The number of benzene rings is 3. The summed E-state index contributed by atoms with van der Waals surface area (Å²) in [6, 6.07) is 9.21. The topological polar surface area (TPSA) is 108 Å². The largest absolute Gasteiger partial charge is 0.483 e. The molecule has 3 rings (SSSR count). The van der Waals surface area contributed by atoms with Crippen LogP contribution in [0.3, 0.4) is 0 Å². The minimum absolute atomic E-state index is 0.0883. The van der Waals surface area contributed by atoms with Gasteiger partial charge >= 0.3 is 14.4 Å². The molecule has 9 nitrogen and oxygen atoms in total. The molecule has 0 unspecified atom stereocenters. The Kier molecular flexibility index (Phi) is 8.74. The van der Waals surface area contributed by atoms with Gasteiger partial charge in [0, 0.05) is 25.7 Å². The van der Waals surface area contributed by atoms with Crippen LogP contribution >= 0.6 is 8.69 Å². The first-order chi connectivity index (χ1) is 17.5. The summed E-state index contributed by atoms with van der Waals surface area (Å²) >= 11 is 0. The van der Waals surface area contributed by atoms with Crippen LogP contribution in [-0.4, -0.2) is 29.8 Å². The number of hydrogen-bond acceptors (Lipinski definition) is 7. The smallest absolute Gasteiger partial charge is 0.327 e. The lowest BCUT2D eigenvalue weighted by Crippen LogP contribution is -2.21. The van der Waals surface area contributed by atoms with Crippen molar-refractivity contribution in [3.63, 3.8) is 0 Å². The molecule has 3 aromatic carbocycles. The first-order valence-electron chi connectivity index (χ1n) is 10.2. The molecule has 0 aliphatic heterocycles. The summed E-state index contributed by atoms with van der Waals surface area (Å²) < 4.78 is 82.2. The number of carbonyl (C=O) groups excluding carboxylic acids is 1. The Morgan fingerprint density at radius 1 is 1.00 bits per heavy atom. The van der Waals surface area contributed by atoms with Crippen LogP contribution in [0.5, 0.6) is 17.2 Å². The average molecular weight is 540 g/mol. The zero-order chi connectivity index (χ0) is 27.3. The van der Waals surface area contributed by atoms with Crippen molar-refractivity contribution in [2.45, 2.75) is 13.2 Å². The van der Waals surface area contributed by atoms with E-state index in [-0.39, 0.29) is 28.5 Å². The second kappa shape index (κ2) is 11.8. The van der Waals surface area contributed by atoms with Crippen molar-refractivity contribution in [1.29, 1.82) is 0 Å². The number of ether oxygens (including phenoxy) is 2. The van der Waals surface area contributed by atoms with Crippen LogP contribution < -0.4 is 9.47 Å². The molecule has 0 aromatic heterocycles. The third-order valence-corrected chi connectivity index (χ3v) is 5.13. The van der Waals surface area contributed by atoms with Crippen molar-refractivity contribution < 1.29 is 45.8 Å². The predicted molar refractivity (Wildman–Crippen MR) is 121 cm³/mol. The van der Waals surface area contributed by atoms with Gasteiger partial charge in [-0.15, -0.1) is 0 Å². The second-order valence-corrected chi connectivity index (χ2v) is 8.00. The zero-order valence-electron chi connectivity index (χ0n) is 19.2. The van der Waals surface area contributed by atoms with E-state index in [4.69, 9.17) is 9.47 Å². The van der Waals surface area contributed by atoms with Crippen molar-refractivity contribution in [1.82, 2.24) is 4.90 Å². The molecule has 0 radical (unpaired) electrons. The molecule has 14 heteroatoms. The molecule has 0 fully saturated rings. The summed E-state index contributed by atoms with van der Waals surface area (Å²) in [5.41, 5.74) is -1.24. The second-order valence-electron chi connectivity index (χ2n) is 7.59. The minimum atomic E-state index is -1.85. The van der Waals surface area contributed by atoms with E-state index in [2.05, 4.69) is 4.52 Å². The van der Waals surface area contributed by atoms with Gasteiger partial charge in [0.05, 0.1) is 17.1 Å². The van der Waals surface area contributed by atoms with Crippen molar-refractivity contribution in [3.05, 3.63) is 92.5 Å². The van der Waals surface area contributed by atoms with E-state index < -0.39 is 67.1 Å². The molecule has 0 heterocycles. The number of halogens is 4. The molecule has 0 saturated carbocycles. The molecule has 0 bridgehead atoms. The third-order valence-electron chi connectivity index (χ3n) is 4.89. The zero-order valence-corrected chi connectivity index (χ0v) is 20.1. The van der Waals surface area contributed by atoms with Crippen LogP contribution in [-0.2, 0) is 22.3 Å². The summed E-state index contributed by atoms with van der Waals surface area (Å²) in [7, 11) is 2.14. The number of hydrogen-bond donors (Lipinski definition) is 0. The van der Waals surface area contributed by atoms with Crippen LogP contribution in [0.2, 0.25) is 0 Å². The lowest BCUT2D eigenvalue weighted by atomic mass is 10.1. The summed E-state index contributed by atoms with van der Waals surface area (Å²) in [4.78, 5) is 24.2. The Labute approximate surface area is 208 Å². The van der Waals surface area contributed by atoms with E-state index in [9.17, 15) is 37.0 Å². The highest BCUT2D eigenvalue weighted by molar-refractivity contribution is 7.17. The number of amides is 1. The maximum absolute atomic E-state index is 14.3. The molecule has 194 valence electrons. The fraction of sp³-hybridized carbons (Fsp3) is 0.174. The summed E-state index contributed by atoms with van der Waals surface area (Å²) in [5.74, 6) is -9.19. The summed E-state index contributed by atoms with van der Waals surface area (Å²) in [6.07, 6.45) is 0. The van der Waals surface area contributed by atoms with Gasteiger partial charge in [-0.05, 0) is 35.9 Å². The first kappa shape index (κ1) is 27.5. The molecular formula is C23H17F4N2O7P. The molecule has 37 heavy (non-hydrogen) atoms. The van der Waals surface area contributed by atoms with Gasteiger partial charge in [-0.2, -0.15) is 8.78 Å². The Balaban J connectivity index is 1.89. The van der Waals surface area contributed by atoms with Gasteiger partial charge in [-0.25, -0.2) is 13.3 Å². The molecular weight excluding hydrogens is 523 g/mol. The fourth-order valence-electron chi connectivity index (χ4n) is 3.12. The SMILES string of the molecule is CN(C)C(=O)c1cccc(Oc2cc(COc3c(F)c(F)c(COP=O)c(F)c3F)ccc2[N+](=O)[O-])c1. The van der Waals surface area contributed by atoms with Crippen LogP contribution in [0.4, 0.5) is 23.2 Å². The van der Waals surface area contributed by atoms with Gasteiger partial charge in [0.25, 0.3) is 5.91 Å². The molecule has 1 amide bonds. The van der Waals surface area contributed by atoms with Crippen molar-refractivity contribution in [2.75, 3.05) is 14.1 Å². The molecule has 0 aliphatic rings. The van der Waals surface area contributed by atoms with Crippen LogP contribution in [0.15, 0.2) is 42.5 Å². The summed E-state index contributed by atoms with van der Waals surface area (Å²) in [5, 5.41) is 11.5. The van der Waals surface area contributed by atoms with Gasteiger partial charge in [-0.1, -0.05) is 6.07 Å². The van der Waals surface area contributed by atoms with E-state index in [1.54, 1.807) is 14.1 Å². The van der Waals surface area contributed by atoms with Crippen molar-refractivity contribution in [3.8, 4) is 17.2 Å². The van der Waals surface area contributed by atoms with E-state index in [1.807, 2.05) is 0 Å². The molecule has 3 aromatic rings. The van der Waals surface area contributed by atoms with Crippen LogP contribution in [0.1, 0.15) is 21.5 Å². The maximum atomic E-state index is 14.3. The number of nitro groups is 1. The van der Waals surface area contributed by atoms with E-state index in [0.717, 1.165) is 12.1 Å². The quantitative estimate of drug-likeness (QED) is 0.103. The molecule has 0 atom stereocenters. The van der Waals surface area contributed by atoms with Gasteiger partial charge in [0.1, 0.15) is 12.4 Å². The monoisotopic (exact) mass is 540 g/mol. The molecule has 0 spiro atoms. The highest BCUT2D eigenvalue weighted by atomic mass is 31.1. The van der Waals surface area contributed by atoms with Crippen LogP contribution in [0, 0.1) is 33.4 Å². The Hall–Kier alpha value is -4.09. The molecule has 0 saturated heterocycles. The van der Waals surface area contributed by atoms with Gasteiger partial charge in [-0.3, -0.25) is 19.4 Å². The highest BCUT2D eigenvalue weighted by Gasteiger charge is 2.27. The first-order valence-corrected chi connectivity index (χ1v) is 11.0.